The van der Waals surface area contributed by atoms with Crippen molar-refractivity contribution in [3.63, 3.8) is 0 Å². The summed E-state index contributed by atoms with van der Waals surface area (Å²) >= 11 is 0.363. The molecular weight excluding hydrogens is 569 g/mol. The number of nitrogens with zero attached hydrogens (tertiary/aromatic N) is 1. The zero-order valence-electron chi connectivity index (χ0n) is 22.8. The van der Waals surface area contributed by atoms with Gasteiger partial charge in [0, 0.05) is 0 Å². The van der Waals surface area contributed by atoms with Crippen molar-refractivity contribution in [2.75, 3.05) is 20.3 Å². The molecule has 3 aromatic carbocycles. The summed E-state index contributed by atoms with van der Waals surface area (Å²) in [5, 5.41) is 0. The zero-order valence-corrected chi connectivity index (χ0v) is 24.6. The van der Waals surface area contributed by atoms with Crippen LogP contribution in [0.3, 0.4) is 0 Å². The molecule has 3 aliphatic heterocycles. The third-order valence-electron chi connectivity index (χ3n) is 8.77. The van der Waals surface area contributed by atoms with Gasteiger partial charge in [-0.2, -0.15) is 0 Å². The molecule has 1 saturated carbocycles. The van der Waals surface area contributed by atoms with Crippen molar-refractivity contribution in [3.05, 3.63) is 102 Å². The van der Waals surface area contributed by atoms with Crippen LogP contribution in [-0.4, -0.2) is 70.6 Å². The Morgan fingerprint density at radius 3 is 1.93 bits per heavy atom. The van der Waals surface area contributed by atoms with E-state index >= 15 is 0 Å². The molecule has 0 aromatic heterocycles. The molecule has 3 heterocycles. The van der Waals surface area contributed by atoms with Gasteiger partial charge < -0.3 is 0 Å². The van der Waals surface area contributed by atoms with Crippen LogP contribution in [-0.2, 0) is 30.2 Å². The summed E-state index contributed by atoms with van der Waals surface area (Å²) in [6.45, 7) is 2.02. The van der Waals surface area contributed by atoms with Gasteiger partial charge in [-0.25, -0.2) is 0 Å². The Morgan fingerprint density at radius 1 is 0.750 bits per heavy atom. The van der Waals surface area contributed by atoms with E-state index in [4.69, 9.17) is 23.7 Å². The van der Waals surface area contributed by atoms with Crippen molar-refractivity contribution in [1.82, 2.24) is 4.90 Å². The first-order valence-corrected chi connectivity index (χ1v) is 16.3. The van der Waals surface area contributed by atoms with Gasteiger partial charge in [0.2, 0.25) is 0 Å². The number of benzene rings is 3. The van der Waals surface area contributed by atoms with E-state index in [-0.39, 0.29) is 24.3 Å². The van der Waals surface area contributed by atoms with Crippen LogP contribution in [0.25, 0.3) is 0 Å². The Kier molecular flexibility index (Phi) is 8.07. The summed E-state index contributed by atoms with van der Waals surface area (Å²) in [4.78, 5) is 3.17. The summed E-state index contributed by atoms with van der Waals surface area (Å²) in [5.41, 5.74) is 3.47. The summed E-state index contributed by atoms with van der Waals surface area (Å²) < 4.78 is 33.5. The molecule has 4 fully saturated rings. The van der Waals surface area contributed by atoms with Gasteiger partial charge in [-0.1, -0.05) is 0 Å². The van der Waals surface area contributed by atoms with Crippen LogP contribution in [0.4, 0.5) is 0 Å². The molecule has 4 aliphatic rings. The zero-order chi connectivity index (χ0) is 26.9. The monoisotopic (exact) mass is 607 g/mol. The van der Waals surface area contributed by atoms with Gasteiger partial charge in [-0.15, -0.1) is 0 Å². The van der Waals surface area contributed by atoms with Gasteiger partial charge in [-0.3, -0.25) is 0 Å². The predicted octanol–water partition coefficient (Wildman–Crippen LogP) is 4.78. The van der Waals surface area contributed by atoms with E-state index < -0.39 is 12.6 Å². The molecule has 3 aromatic rings. The second-order valence-electron chi connectivity index (χ2n) is 11.1. The van der Waals surface area contributed by atoms with E-state index in [0.717, 1.165) is 17.7 Å². The van der Waals surface area contributed by atoms with E-state index in [9.17, 15) is 0 Å². The van der Waals surface area contributed by atoms with Gasteiger partial charge >= 0.3 is 244 Å². The summed E-state index contributed by atoms with van der Waals surface area (Å²) in [5.74, 6) is 0. The van der Waals surface area contributed by atoms with Gasteiger partial charge in [-0.05, 0) is 0 Å². The number of rotatable bonds is 7. The van der Waals surface area contributed by atoms with Crippen LogP contribution in [0.1, 0.15) is 48.5 Å². The van der Waals surface area contributed by atoms with Crippen molar-refractivity contribution < 1.29 is 23.7 Å². The summed E-state index contributed by atoms with van der Waals surface area (Å²) in [7, 11) is 1.87. The van der Waals surface area contributed by atoms with Crippen molar-refractivity contribution in [2.45, 2.75) is 73.6 Å². The normalized spacial score (nSPS) is 33.9. The second-order valence-corrected chi connectivity index (χ2v) is 13.8. The number of ether oxygens (including phenoxy) is 5. The van der Waals surface area contributed by atoms with Crippen LogP contribution in [0.2, 0.25) is 4.82 Å². The molecule has 0 amide bonds. The van der Waals surface area contributed by atoms with Crippen molar-refractivity contribution in [2.24, 2.45) is 0 Å². The Hall–Kier alpha value is -2.06. The molecule has 6 nitrogen and oxygen atoms in total. The minimum atomic E-state index is -0.395. The van der Waals surface area contributed by atoms with Gasteiger partial charge in [0.1, 0.15) is 0 Å². The first kappa shape index (κ1) is 26.8. The molecule has 210 valence electrons. The molecular formula is C33H37NO5Se. The van der Waals surface area contributed by atoms with Crippen LogP contribution in [0.5, 0.6) is 0 Å². The van der Waals surface area contributed by atoms with Crippen LogP contribution < -0.4 is 4.46 Å². The topological polar surface area (TPSA) is 49.4 Å². The molecule has 1 aliphatic carbocycles. The number of hydrogen-bond acceptors (Lipinski definition) is 6. The van der Waals surface area contributed by atoms with E-state index in [1.165, 1.54) is 29.3 Å². The van der Waals surface area contributed by atoms with Gasteiger partial charge in [0.25, 0.3) is 0 Å². The number of likely N-dealkylation sites (tertiary alicyclic amines) is 1. The Labute approximate surface area is 243 Å². The quantitative estimate of drug-likeness (QED) is 0.361. The Bertz CT molecular complexity index is 1200. The van der Waals surface area contributed by atoms with Crippen LogP contribution >= 0.6 is 0 Å². The van der Waals surface area contributed by atoms with Crippen LogP contribution in [0.15, 0.2) is 84.9 Å². The molecule has 0 N–H and O–H groups in total. The predicted molar refractivity (Wildman–Crippen MR) is 153 cm³/mol. The summed E-state index contributed by atoms with van der Waals surface area (Å²) in [6.07, 6.45) is 3.09. The van der Waals surface area contributed by atoms with E-state index in [2.05, 4.69) is 53.4 Å². The molecule has 40 heavy (non-hydrogen) atoms. The molecule has 7 heteroatoms. The Morgan fingerprint density at radius 2 is 1.32 bits per heavy atom. The number of fused-ring (bicyclic) bond motifs is 3. The first-order valence-electron chi connectivity index (χ1n) is 14.5. The van der Waals surface area contributed by atoms with Gasteiger partial charge in [0.15, 0.2) is 0 Å². The molecule has 0 radical (unpaired) electrons. The summed E-state index contributed by atoms with van der Waals surface area (Å²) in [6, 6.07) is 29.6. The molecule has 0 unspecified atom stereocenters. The number of hydrogen-bond donors (Lipinski definition) is 0. The van der Waals surface area contributed by atoms with E-state index in [0.29, 0.717) is 39.1 Å². The number of methoxy groups -OCH3 is 1. The van der Waals surface area contributed by atoms with Crippen LogP contribution in [0, 0.1) is 0 Å². The second kappa shape index (κ2) is 12.0. The third-order valence-corrected chi connectivity index (χ3v) is 11.9. The standard InChI is InChI=1S/C33H37NO5Se/c1-35-27-16-10-18-29(27)40-28-17-9-8-15-24(28)19-34-25-20-36-32(22-11-4-2-5-12-22)38-30(25)31-26(34)21-37-33(39-31)23-13-6-3-7-14-23/h2-9,11-15,17,25-27,29-33H,10,16,18-21H2,1H3/t25-,26-,27+,29+,30+,31+,32+,33+/m0/s1. The van der Waals surface area contributed by atoms with E-state index in [1.54, 1.807) is 0 Å². The van der Waals surface area contributed by atoms with E-state index in [1.807, 2.05) is 43.5 Å². The van der Waals surface area contributed by atoms with Gasteiger partial charge in [0.05, 0.1) is 0 Å². The fourth-order valence-electron chi connectivity index (χ4n) is 6.72. The molecule has 0 bridgehead atoms. The molecule has 0 spiro atoms. The molecule has 7 rings (SSSR count). The fourth-order valence-corrected chi connectivity index (χ4v) is 9.77. The molecule has 8 atom stereocenters. The minimum absolute atomic E-state index is 0.0897. The SMILES string of the molecule is CO[C@@H]1CCC[C@H]1[Se]c1ccccc1CN1[C@H]2CO[C@@H](c3ccccc3)O[C@H]2[C@@H]2O[C@H](c3ccccc3)OC[C@@H]21. The van der Waals surface area contributed by atoms with Crippen molar-refractivity contribution >= 4 is 19.4 Å². The maximum atomic E-state index is 6.73. The fraction of sp³-hybridized carbons (Fsp3) is 0.455. The average Bonchev–Trinajstić information content (AvgIpc) is 3.60. The molecule has 3 saturated heterocycles. The average molecular weight is 607 g/mol. The Balaban J connectivity index is 1.15. The third kappa shape index (κ3) is 5.31. The maximum absolute atomic E-state index is 6.73. The van der Waals surface area contributed by atoms with Crippen molar-refractivity contribution in [3.8, 4) is 0 Å². The first-order chi connectivity index (χ1) is 19.8. The van der Waals surface area contributed by atoms with Crippen molar-refractivity contribution in [1.29, 1.82) is 0 Å².